The van der Waals surface area contributed by atoms with E-state index in [0.29, 0.717) is 35.7 Å². The molecule has 6 rings (SSSR count). The zero-order chi connectivity index (χ0) is 27.5. The molecule has 11 heteroatoms. The fraction of sp³-hybridized carbons (Fsp3) is 0.571. The van der Waals surface area contributed by atoms with Gasteiger partial charge in [-0.25, -0.2) is 9.97 Å². The molecule has 4 heterocycles. The Bertz CT molecular complexity index is 1390. The summed E-state index contributed by atoms with van der Waals surface area (Å²) in [4.78, 5) is 40.6. The zero-order valence-corrected chi connectivity index (χ0v) is 23.3. The third kappa shape index (κ3) is 5.27. The monoisotopic (exact) mass is 552 g/mol. The molecule has 4 atom stereocenters. The van der Waals surface area contributed by atoms with Gasteiger partial charge in [-0.05, 0) is 64.4 Å². The van der Waals surface area contributed by atoms with Crippen LogP contribution in [-0.2, 0) is 4.79 Å². The molecule has 3 aromatic rings. The van der Waals surface area contributed by atoms with Crippen LogP contribution < -0.4 is 10.6 Å². The molecule has 3 fully saturated rings. The number of hydrogen-bond acceptors (Lipinski definition) is 8. The van der Waals surface area contributed by atoms with Gasteiger partial charge < -0.3 is 30.7 Å². The number of fused-ring (bicyclic) bond motifs is 2. The predicted molar refractivity (Wildman–Crippen MR) is 150 cm³/mol. The molecule has 0 bridgehead atoms. The van der Waals surface area contributed by atoms with Crippen LogP contribution in [0.4, 0.5) is 5.69 Å². The van der Waals surface area contributed by atoms with Gasteiger partial charge in [0.2, 0.25) is 0 Å². The van der Waals surface area contributed by atoms with Crippen molar-refractivity contribution in [1.29, 1.82) is 0 Å². The number of carbonyl (C=O) groups is 2. The first-order chi connectivity index (χ1) is 18.6. The van der Waals surface area contributed by atoms with Gasteiger partial charge in [-0.15, -0.1) is 11.3 Å². The number of pyridine rings is 1. The van der Waals surface area contributed by atoms with Crippen LogP contribution in [0.25, 0.3) is 21.6 Å². The van der Waals surface area contributed by atoms with E-state index in [2.05, 4.69) is 20.6 Å². The molecular formula is C28H36N6O4S. The number of nitrogens with one attached hydrogen (secondary N) is 3. The lowest BCUT2D eigenvalue weighted by atomic mass is 10.0. The SMILES string of the molecule is C[C@H](O)C(=O)N1C[C@H]2CC(Nc3c(-c4nc(C5CC5)c(C(=O)NCC(C)(C)O)s4)cnc4[nH]ccc34)C[C@H]2C1. The highest BCUT2D eigenvalue weighted by molar-refractivity contribution is 7.17. The van der Waals surface area contributed by atoms with Crippen LogP contribution in [0.15, 0.2) is 18.5 Å². The molecule has 2 saturated carbocycles. The molecule has 10 nitrogen and oxygen atoms in total. The number of likely N-dealkylation sites (tertiary alicyclic amines) is 1. The molecule has 1 unspecified atom stereocenters. The Morgan fingerprint density at radius 3 is 2.62 bits per heavy atom. The first kappa shape index (κ1) is 26.2. The maximum Gasteiger partial charge on any atom is 0.263 e. The van der Waals surface area contributed by atoms with Gasteiger partial charge in [-0.2, -0.15) is 0 Å². The quantitative estimate of drug-likeness (QED) is 0.289. The number of aromatic amines is 1. The second kappa shape index (κ2) is 9.87. The molecule has 208 valence electrons. The minimum absolute atomic E-state index is 0.164. The number of hydrogen-bond donors (Lipinski definition) is 5. The highest BCUT2D eigenvalue weighted by atomic mass is 32.1. The summed E-state index contributed by atoms with van der Waals surface area (Å²) in [5, 5.41) is 28.2. The largest absolute Gasteiger partial charge is 0.389 e. The fourth-order valence-electron chi connectivity index (χ4n) is 6.01. The maximum absolute atomic E-state index is 13.1. The van der Waals surface area contributed by atoms with Crippen LogP contribution >= 0.6 is 11.3 Å². The third-order valence-electron chi connectivity index (χ3n) is 8.09. The van der Waals surface area contributed by atoms with Crippen molar-refractivity contribution < 1.29 is 19.8 Å². The van der Waals surface area contributed by atoms with Gasteiger partial charge >= 0.3 is 0 Å². The molecule has 5 N–H and O–H groups in total. The van der Waals surface area contributed by atoms with Crippen molar-refractivity contribution in [2.75, 3.05) is 25.0 Å². The molecule has 2 amide bonds. The predicted octanol–water partition coefficient (Wildman–Crippen LogP) is 3.09. The van der Waals surface area contributed by atoms with Gasteiger partial charge in [0.15, 0.2) is 0 Å². The second-order valence-corrected chi connectivity index (χ2v) is 13.0. The molecule has 3 aromatic heterocycles. The summed E-state index contributed by atoms with van der Waals surface area (Å²) in [7, 11) is 0. The Labute approximate surface area is 231 Å². The topological polar surface area (TPSA) is 143 Å². The van der Waals surface area contributed by atoms with Crippen molar-refractivity contribution in [3.63, 3.8) is 0 Å². The lowest BCUT2D eigenvalue weighted by molar-refractivity contribution is -0.138. The summed E-state index contributed by atoms with van der Waals surface area (Å²) in [6.07, 6.45) is 6.68. The summed E-state index contributed by atoms with van der Waals surface area (Å²) < 4.78 is 0. The van der Waals surface area contributed by atoms with Crippen LogP contribution in [0.1, 0.15) is 67.7 Å². The minimum Gasteiger partial charge on any atom is -0.389 e. The van der Waals surface area contributed by atoms with Crippen molar-refractivity contribution in [1.82, 2.24) is 25.2 Å². The summed E-state index contributed by atoms with van der Waals surface area (Å²) in [5.41, 5.74) is 2.46. The van der Waals surface area contributed by atoms with E-state index in [1.54, 1.807) is 18.7 Å². The molecule has 1 saturated heterocycles. The Morgan fingerprint density at radius 2 is 1.97 bits per heavy atom. The summed E-state index contributed by atoms with van der Waals surface area (Å²) in [6.45, 7) is 6.41. The minimum atomic E-state index is -0.997. The number of aromatic nitrogens is 3. The van der Waals surface area contributed by atoms with E-state index in [4.69, 9.17) is 4.98 Å². The second-order valence-electron chi connectivity index (χ2n) is 12.0. The Hall–Kier alpha value is -3.02. The van der Waals surface area contributed by atoms with Crippen LogP contribution in [-0.4, -0.2) is 79.3 Å². The number of nitrogens with zero attached hydrogens (tertiary/aromatic N) is 3. The van der Waals surface area contributed by atoms with E-state index in [1.807, 2.05) is 18.5 Å². The Morgan fingerprint density at radius 1 is 1.26 bits per heavy atom. The standard InChI is InChI=1S/C28H36N6O4S/c1-14(35)27(37)34-11-16-8-18(9-17(16)12-34)32-22-19-6-7-29-24(19)30-10-20(22)26-33-21(15-4-5-15)23(39-26)25(36)31-13-28(2,3)38/h6-7,10,14-18,35,38H,4-5,8-9,11-13H2,1-3H3,(H,31,36)(H2,29,30,32)/t14-,16-,17+,18?/m0/s1. The van der Waals surface area contributed by atoms with Crippen molar-refractivity contribution in [3.05, 3.63) is 29.0 Å². The van der Waals surface area contributed by atoms with Crippen molar-refractivity contribution in [3.8, 4) is 10.6 Å². The van der Waals surface area contributed by atoms with Crippen LogP contribution in [0, 0.1) is 11.8 Å². The normalized spacial score (nSPS) is 23.7. The molecule has 0 aromatic carbocycles. The highest BCUT2D eigenvalue weighted by Crippen LogP contribution is 2.46. The number of rotatable bonds is 8. The van der Waals surface area contributed by atoms with Gasteiger partial charge in [-0.3, -0.25) is 9.59 Å². The third-order valence-corrected chi connectivity index (χ3v) is 9.19. The van der Waals surface area contributed by atoms with Gasteiger partial charge in [0.1, 0.15) is 21.6 Å². The number of H-pyrrole nitrogens is 1. The van der Waals surface area contributed by atoms with Gasteiger partial charge in [-0.1, -0.05) is 0 Å². The molecular weight excluding hydrogens is 516 g/mol. The molecule has 39 heavy (non-hydrogen) atoms. The number of carbonyl (C=O) groups excluding carboxylic acids is 2. The zero-order valence-electron chi connectivity index (χ0n) is 22.5. The Kier molecular flexibility index (Phi) is 6.63. The summed E-state index contributed by atoms with van der Waals surface area (Å²) in [6, 6.07) is 2.25. The van der Waals surface area contributed by atoms with Crippen LogP contribution in [0.2, 0.25) is 0 Å². The molecule has 0 radical (unpaired) electrons. The smallest absolute Gasteiger partial charge is 0.263 e. The molecule has 2 aliphatic carbocycles. The van der Waals surface area contributed by atoms with E-state index in [9.17, 15) is 19.8 Å². The average Bonchev–Trinajstić information content (AvgIpc) is 3.22. The molecule has 3 aliphatic rings. The van der Waals surface area contributed by atoms with Crippen LogP contribution in [0.5, 0.6) is 0 Å². The maximum atomic E-state index is 13.1. The van der Waals surface area contributed by atoms with Gasteiger partial charge in [0, 0.05) is 49.4 Å². The average molecular weight is 553 g/mol. The van der Waals surface area contributed by atoms with Crippen molar-refractivity contribution in [2.45, 2.75) is 70.1 Å². The Balaban J connectivity index is 1.27. The first-order valence-electron chi connectivity index (χ1n) is 13.8. The van der Waals surface area contributed by atoms with E-state index in [1.165, 1.54) is 18.3 Å². The van der Waals surface area contributed by atoms with Gasteiger partial charge in [0.05, 0.1) is 22.5 Å². The number of amides is 2. The van der Waals surface area contributed by atoms with E-state index >= 15 is 0 Å². The van der Waals surface area contributed by atoms with E-state index in [-0.39, 0.29) is 24.4 Å². The number of anilines is 1. The summed E-state index contributed by atoms with van der Waals surface area (Å²) >= 11 is 1.38. The lowest BCUT2D eigenvalue weighted by Gasteiger charge is -2.22. The molecule has 0 spiro atoms. The van der Waals surface area contributed by atoms with Crippen molar-refractivity contribution >= 4 is 39.9 Å². The first-order valence-corrected chi connectivity index (χ1v) is 14.6. The molecule has 1 aliphatic heterocycles. The highest BCUT2D eigenvalue weighted by Gasteiger charge is 2.43. The van der Waals surface area contributed by atoms with Crippen LogP contribution in [0.3, 0.4) is 0 Å². The fourth-order valence-corrected chi connectivity index (χ4v) is 7.10. The van der Waals surface area contributed by atoms with Gasteiger partial charge in [0.25, 0.3) is 11.8 Å². The number of aliphatic hydroxyl groups is 2. The summed E-state index contributed by atoms with van der Waals surface area (Å²) in [5.74, 6) is 0.721. The number of aliphatic hydroxyl groups excluding tert-OH is 1. The van der Waals surface area contributed by atoms with E-state index in [0.717, 1.165) is 58.7 Å². The lowest BCUT2D eigenvalue weighted by Crippen LogP contribution is -2.38. The number of thiazole rings is 1. The van der Waals surface area contributed by atoms with Crippen molar-refractivity contribution in [2.24, 2.45) is 11.8 Å². The van der Waals surface area contributed by atoms with E-state index < -0.39 is 11.7 Å².